The summed E-state index contributed by atoms with van der Waals surface area (Å²) in [5, 5.41) is 7.40. The largest absolute Gasteiger partial charge is 0.358 e. The van der Waals surface area contributed by atoms with Gasteiger partial charge in [-0.05, 0) is 37.5 Å². The van der Waals surface area contributed by atoms with Gasteiger partial charge in [-0.1, -0.05) is 43.2 Å². The normalized spacial score (nSPS) is 24.5. The lowest BCUT2D eigenvalue weighted by Gasteiger charge is -2.31. The highest BCUT2D eigenvalue weighted by atomic mass is 32.1. The van der Waals surface area contributed by atoms with Crippen molar-refractivity contribution >= 4 is 17.3 Å². The summed E-state index contributed by atoms with van der Waals surface area (Å²) in [7, 11) is 0. The highest BCUT2D eigenvalue weighted by Crippen LogP contribution is 2.17. The van der Waals surface area contributed by atoms with Gasteiger partial charge in [0.2, 0.25) is 0 Å². The lowest BCUT2D eigenvalue weighted by Crippen LogP contribution is -2.52. The van der Waals surface area contributed by atoms with Gasteiger partial charge >= 0.3 is 0 Å². The molecule has 0 bridgehead atoms. The van der Waals surface area contributed by atoms with Crippen LogP contribution < -0.4 is 16.4 Å². The summed E-state index contributed by atoms with van der Waals surface area (Å²) in [5.41, 5.74) is 7.36. The SMILES string of the molecule is C[C@@H](NC(=S)N[C@@H]1CCCC[C@H]1N)c1ccccc1. The van der Waals surface area contributed by atoms with E-state index in [1.165, 1.54) is 18.4 Å². The molecule has 0 heterocycles. The van der Waals surface area contributed by atoms with Crippen LogP contribution in [0.1, 0.15) is 44.2 Å². The Morgan fingerprint density at radius 3 is 2.63 bits per heavy atom. The molecule has 2 rings (SSSR count). The fourth-order valence-corrected chi connectivity index (χ4v) is 2.90. The molecule has 104 valence electrons. The van der Waals surface area contributed by atoms with Crippen LogP contribution in [0.15, 0.2) is 30.3 Å². The van der Waals surface area contributed by atoms with Crippen molar-refractivity contribution in [2.24, 2.45) is 5.73 Å². The zero-order chi connectivity index (χ0) is 13.7. The van der Waals surface area contributed by atoms with Gasteiger partial charge in [0.25, 0.3) is 0 Å². The monoisotopic (exact) mass is 277 g/mol. The highest BCUT2D eigenvalue weighted by molar-refractivity contribution is 7.80. The summed E-state index contributed by atoms with van der Waals surface area (Å²) in [6.45, 7) is 2.12. The molecule has 0 spiro atoms. The Bertz CT molecular complexity index is 407. The van der Waals surface area contributed by atoms with E-state index >= 15 is 0 Å². The standard InChI is InChI=1S/C15H23N3S/c1-11(12-7-3-2-4-8-12)17-15(19)18-14-10-6-5-9-13(14)16/h2-4,7-8,11,13-14H,5-6,9-10,16H2,1H3,(H2,17,18,19)/t11-,13-,14-/m1/s1. The van der Waals surface area contributed by atoms with Crippen LogP contribution in [0, 0.1) is 0 Å². The van der Waals surface area contributed by atoms with Gasteiger partial charge in [0.15, 0.2) is 5.11 Å². The average Bonchev–Trinajstić information content (AvgIpc) is 2.42. The van der Waals surface area contributed by atoms with Crippen molar-refractivity contribution in [1.29, 1.82) is 0 Å². The number of nitrogens with two attached hydrogens (primary N) is 1. The molecule has 0 unspecified atom stereocenters. The van der Waals surface area contributed by atoms with Crippen molar-refractivity contribution in [3.05, 3.63) is 35.9 Å². The van der Waals surface area contributed by atoms with Crippen LogP contribution in [0.4, 0.5) is 0 Å². The van der Waals surface area contributed by atoms with Crippen molar-refractivity contribution in [3.8, 4) is 0 Å². The Morgan fingerprint density at radius 1 is 1.26 bits per heavy atom. The molecular formula is C15H23N3S. The Hall–Kier alpha value is -1.13. The van der Waals surface area contributed by atoms with E-state index in [0.29, 0.717) is 11.2 Å². The second kappa shape index (κ2) is 6.87. The van der Waals surface area contributed by atoms with Crippen molar-refractivity contribution in [2.75, 3.05) is 0 Å². The van der Waals surface area contributed by atoms with Crippen LogP contribution in [0.25, 0.3) is 0 Å². The van der Waals surface area contributed by atoms with E-state index in [-0.39, 0.29) is 12.1 Å². The number of hydrogen-bond acceptors (Lipinski definition) is 2. The minimum absolute atomic E-state index is 0.209. The molecule has 1 aliphatic rings. The molecule has 4 N–H and O–H groups in total. The molecule has 1 saturated carbocycles. The Balaban J connectivity index is 1.84. The summed E-state index contributed by atoms with van der Waals surface area (Å²) in [6, 6.07) is 11.1. The molecule has 4 heteroatoms. The maximum absolute atomic E-state index is 6.12. The smallest absolute Gasteiger partial charge is 0.167 e. The van der Waals surface area contributed by atoms with Crippen LogP contribution in [0.5, 0.6) is 0 Å². The van der Waals surface area contributed by atoms with E-state index in [1.807, 2.05) is 18.2 Å². The van der Waals surface area contributed by atoms with Gasteiger partial charge in [-0.2, -0.15) is 0 Å². The van der Waals surface area contributed by atoms with Gasteiger partial charge in [-0.15, -0.1) is 0 Å². The quantitative estimate of drug-likeness (QED) is 0.743. The molecule has 0 radical (unpaired) electrons. The first-order valence-corrected chi connectivity index (χ1v) is 7.45. The molecule has 1 aromatic carbocycles. The van der Waals surface area contributed by atoms with Crippen LogP contribution in [-0.4, -0.2) is 17.2 Å². The zero-order valence-corrected chi connectivity index (χ0v) is 12.2. The number of nitrogens with one attached hydrogen (secondary N) is 2. The molecular weight excluding hydrogens is 254 g/mol. The maximum atomic E-state index is 6.12. The predicted molar refractivity (Wildman–Crippen MR) is 84.0 cm³/mol. The van der Waals surface area contributed by atoms with Gasteiger partial charge in [-0.3, -0.25) is 0 Å². The van der Waals surface area contributed by atoms with Gasteiger partial charge in [0.1, 0.15) is 0 Å². The third kappa shape index (κ3) is 4.18. The molecule has 0 saturated heterocycles. The molecule has 0 aromatic heterocycles. The van der Waals surface area contributed by atoms with Crippen molar-refractivity contribution in [1.82, 2.24) is 10.6 Å². The van der Waals surface area contributed by atoms with Crippen LogP contribution in [0.2, 0.25) is 0 Å². The molecule has 1 aromatic rings. The van der Waals surface area contributed by atoms with E-state index in [4.69, 9.17) is 18.0 Å². The van der Waals surface area contributed by atoms with Gasteiger partial charge in [0.05, 0.1) is 6.04 Å². The first-order valence-electron chi connectivity index (χ1n) is 7.04. The molecule has 0 aliphatic heterocycles. The van der Waals surface area contributed by atoms with E-state index in [1.54, 1.807) is 0 Å². The Labute approximate surface area is 121 Å². The van der Waals surface area contributed by atoms with Crippen molar-refractivity contribution in [3.63, 3.8) is 0 Å². The van der Waals surface area contributed by atoms with Gasteiger partial charge in [-0.25, -0.2) is 0 Å². The van der Waals surface area contributed by atoms with Crippen molar-refractivity contribution in [2.45, 2.75) is 50.7 Å². The summed E-state index contributed by atoms with van der Waals surface area (Å²) in [6.07, 6.45) is 4.68. The van der Waals surface area contributed by atoms with E-state index in [9.17, 15) is 0 Å². The van der Waals surface area contributed by atoms with E-state index < -0.39 is 0 Å². The fourth-order valence-electron chi connectivity index (χ4n) is 2.57. The van der Waals surface area contributed by atoms with E-state index in [2.05, 4.69) is 29.7 Å². The second-order valence-electron chi connectivity index (χ2n) is 5.30. The minimum atomic E-state index is 0.209. The van der Waals surface area contributed by atoms with Crippen LogP contribution in [-0.2, 0) is 0 Å². The molecule has 1 fully saturated rings. The van der Waals surface area contributed by atoms with E-state index in [0.717, 1.165) is 12.8 Å². The highest BCUT2D eigenvalue weighted by Gasteiger charge is 2.22. The third-order valence-electron chi connectivity index (χ3n) is 3.78. The molecule has 3 atom stereocenters. The number of thiocarbonyl (C=S) groups is 1. The minimum Gasteiger partial charge on any atom is -0.358 e. The lowest BCUT2D eigenvalue weighted by molar-refractivity contribution is 0.358. The molecule has 19 heavy (non-hydrogen) atoms. The van der Waals surface area contributed by atoms with Crippen molar-refractivity contribution < 1.29 is 0 Å². The summed E-state index contributed by atoms with van der Waals surface area (Å²) >= 11 is 5.39. The average molecular weight is 277 g/mol. The number of benzene rings is 1. The Kier molecular flexibility index (Phi) is 5.16. The summed E-state index contributed by atoms with van der Waals surface area (Å²) < 4.78 is 0. The molecule has 1 aliphatic carbocycles. The maximum Gasteiger partial charge on any atom is 0.167 e. The summed E-state index contributed by atoms with van der Waals surface area (Å²) in [5.74, 6) is 0. The lowest BCUT2D eigenvalue weighted by atomic mass is 9.91. The van der Waals surface area contributed by atoms with Gasteiger partial charge < -0.3 is 16.4 Å². The second-order valence-corrected chi connectivity index (χ2v) is 5.71. The van der Waals surface area contributed by atoms with Crippen LogP contribution >= 0.6 is 12.2 Å². The molecule has 0 amide bonds. The van der Waals surface area contributed by atoms with Crippen LogP contribution in [0.3, 0.4) is 0 Å². The topological polar surface area (TPSA) is 50.1 Å². The Morgan fingerprint density at radius 2 is 1.95 bits per heavy atom. The first kappa shape index (κ1) is 14.3. The predicted octanol–water partition coefficient (Wildman–Crippen LogP) is 2.48. The number of hydrogen-bond donors (Lipinski definition) is 3. The zero-order valence-electron chi connectivity index (χ0n) is 11.4. The first-order chi connectivity index (χ1) is 9.16. The third-order valence-corrected chi connectivity index (χ3v) is 4.02. The fraction of sp³-hybridized carbons (Fsp3) is 0.533. The number of rotatable bonds is 3. The summed E-state index contributed by atoms with van der Waals surface area (Å²) in [4.78, 5) is 0. The molecule has 3 nitrogen and oxygen atoms in total. The van der Waals surface area contributed by atoms with Gasteiger partial charge in [0, 0.05) is 12.1 Å².